The first-order valence-electron chi connectivity index (χ1n) is 6.67. The zero-order valence-electron chi connectivity index (χ0n) is 12.5. The summed E-state index contributed by atoms with van der Waals surface area (Å²) in [4.78, 5) is 11.4. The van der Waals surface area contributed by atoms with Gasteiger partial charge in [-0.25, -0.2) is 9.18 Å². The number of benzene rings is 1. The van der Waals surface area contributed by atoms with Gasteiger partial charge in [0.05, 0.1) is 12.2 Å². The molecule has 0 radical (unpaired) electrons. The normalized spacial score (nSPS) is 10.5. The number of carbonyl (C=O) groups is 1. The third kappa shape index (κ3) is 6.28. The molecule has 0 saturated heterocycles. The third-order valence-electron chi connectivity index (χ3n) is 2.39. The lowest BCUT2D eigenvalue weighted by Gasteiger charge is -2.19. The quantitative estimate of drug-likeness (QED) is 0.665. The molecule has 0 atom stereocenters. The van der Waals surface area contributed by atoms with Gasteiger partial charge >= 0.3 is 6.09 Å². The summed E-state index contributed by atoms with van der Waals surface area (Å²) in [6.07, 6.45) is -0.125. The Labute approximate surface area is 124 Å². The van der Waals surface area contributed by atoms with Crippen LogP contribution in [0.4, 0.5) is 9.18 Å². The first-order valence-corrected chi connectivity index (χ1v) is 6.67. The minimum Gasteiger partial charge on any atom is -0.444 e. The van der Waals surface area contributed by atoms with Crippen molar-refractivity contribution in [3.63, 3.8) is 0 Å². The molecule has 0 fully saturated rings. The van der Waals surface area contributed by atoms with Gasteiger partial charge in [-0.1, -0.05) is 24.0 Å². The highest BCUT2D eigenvalue weighted by molar-refractivity contribution is 5.67. The van der Waals surface area contributed by atoms with Gasteiger partial charge in [-0.15, -0.1) is 0 Å². The monoisotopic (exact) mass is 293 g/mol. The standard InChI is InChI=1S/C16H20FNO3/c1-16(2,3)21-15(20)18-10-5-4-7-12-8-6-9-13(11-19)14(12)17/h6,8-9,19H,5,10-11H2,1-3H3,(H,18,20). The topological polar surface area (TPSA) is 58.6 Å². The lowest BCUT2D eigenvalue weighted by Crippen LogP contribution is -2.32. The largest absolute Gasteiger partial charge is 0.444 e. The van der Waals surface area contributed by atoms with Gasteiger partial charge in [0, 0.05) is 18.5 Å². The Bertz CT molecular complexity index is 553. The number of hydrogen-bond acceptors (Lipinski definition) is 3. The predicted molar refractivity (Wildman–Crippen MR) is 78.1 cm³/mol. The average Bonchev–Trinajstić information content (AvgIpc) is 2.38. The lowest BCUT2D eigenvalue weighted by molar-refractivity contribution is 0.0529. The molecule has 0 saturated carbocycles. The number of halogens is 1. The Morgan fingerprint density at radius 2 is 2.14 bits per heavy atom. The van der Waals surface area contributed by atoms with Crippen LogP contribution in [0.3, 0.4) is 0 Å². The summed E-state index contributed by atoms with van der Waals surface area (Å²) < 4.78 is 18.8. The van der Waals surface area contributed by atoms with Gasteiger partial charge in [0.1, 0.15) is 11.4 Å². The molecule has 114 valence electrons. The maximum atomic E-state index is 13.7. The van der Waals surface area contributed by atoms with Crippen LogP contribution in [0, 0.1) is 17.7 Å². The minimum atomic E-state index is -0.538. The van der Waals surface area contributed by atoms with E-state index in [9.17, 15) is 9.18 Å². The van der Waals surface area contributed by atoms with Crippen molar-refractivity contribution < 1.29 is 19.0 Å². The van der Waals surface area contributed by atoms with Gasteiger partial charge in [0.25, 0.3) is 0 Å². The summed E-state index contributed by atoms with van der Waals surface area (Å²) >= 11 is 0. The predicted octanol–water partition coefficient (Wildman–Crippen LogP) is 2.58. The van der Waals surface area contributed by atoms with Crippen LogP contribution in [0.2, 0.25) is 0 Å². The first kappa shape index (κ1) is 17.0. The molecule has 0 aliphatic heterocycles. The number of alkyl carbamates (subject to hydrolysis) is 1. The molecule has 1 aromatic rings. The maximum Gasteiger partial charge on any atom is 0.407 e. The Kier molecular flexibility index (Phi) is 6.19. The minimum absolute atomic E-state index is 0.216. The molecule has 2 N–H and O–H groups in total. The van der Waals surface area contributed by atoms with Crippen LogP contribution in [0.5, 0.6) is 0 Å². The fourth-order valence-corrected chi connectivity index (χ4v) is 1.50. The maximum absolute atomic E-state index is 13.7. The number of nitrogens with one attached hydrogen (secondary N) is 1. The summed E-state index contributed by atoms with van der Waals surface area (Å²) in [6, 6.07) is 4.69. The molecule has 4 nitrogen and oxygen atoms in total. The molecule has 0 heterocycles. The van der Waals surface area contributed by atoms with Gasteiger partial charge in [-0.2, -0.15) is 0 Å². The van der Waals surface area contributed by atoms with Crippen LogP contribution in [-0.2, 0) is 11.3 Å². The number of amides is 1. The molecule has 1 aromatic carbocycles. The van der Waals surface area contributed by atoms with Crippen molar-refractivity contribution in [3.05, 3.63) is 35.1 Å². The first-order chi connectivity index (χ1) is 9.83. The molecule has 0 spiro atoms. The molecule has 21 heavy (non-hydrogen) atoms. The van der Waals surface area contributed by atoms with E-state index in [0.717, 1.165) is 0 Å². The van der Waals surface area contributed by atoms with Gasteiger partial charge < -0.3 is 15.2 Å². The van der Waals surface area contributed by atoms with Crippen molar-refractivity contribution in [3.8, 4) is 11.8 Å². The molecule has 5 heteroatoms. The fraction of sp³-hybridized carbons (Fsp3) is 0.438. The average molecular weight is 293 g/mol. The van der Waals surface area contributed by atoms with Crippen molar-refractivity contribution in [2.45, 2.75) is 39.4 Å². The van der Waals surface area contributed by atoms with E-state index >= 15 is 0 Å². The van der Waals surface area contributed by atoms with Gasteiger partial charge in [-0.05, 0) is 26.8 Å². The van der Waals surface area contributed by atoms with Crippen LogP contribution in [0.25, 0.3) is 0 Å². The van der Waals surface area contributed by atoms with Crippen molar-refractivity contribution >= 4 is 6.09 Å². The molecule has 0 aliphatic carbocycles. The number of hydrogen-bond donors (Lipinski definition) is 2. The zero-order chi connectivity index (χ0) is 15.9. The second kappa shape index (κ2) is 7.65. The summed E-state index contributed by atoms with van der Waals surface area (Å²) in [5.41, 5.74) is -0.0867. The summed E-state index contributed by atoms with van der Waals surface area (Å²) in [5, 5.41) is 11.5. The number of ether oxygens (including phenoxy) is 1. The number of carbonyl (C=O) groups excluding carboxylic acids is 1. The van der Waals surface area contributed by atoms with Crippen molar-refractivity contribution in [1.82, 2.24) is 5.32 Å². The Hall–Kier alpha value is -2.06. The van der Waals surface area contributed by atoms with E-state index in [-0.39, 0.29) is 17.7 Å². The lowest BCUT2D eigenvalue weighted by atomic mass is 10.1. The second-order valence-corrected chi connectivity index (χ2v) is 5.42. The highest BCUT2D eigenvalue weighted by Gasteiger charge is 2.15. The van der Waals surface area contributed by atoms with Crippen LogP contribution in [0.1, 0.15) is 38.3 Å². The third-order valence-corrected chi connectivity index (χ3v) is 2.39. The fourth-order valence-electron chi connectivity index (χ4n) is 1.50. The van der Waals surface area contributed by atoms with E-state index in [4.69, 9.17) is 9.84 Å². The number of aliphatic hydroxyl groups excluding tert-OH is 1. The molecular formula is C16H20FNO3. The van der Waals surface area contributed by atoms with Crippen LogP contribution < -0.4 is 5.32 Å². The second-order valence-electron chi connectivity index (χ2n) is 5.42. The van der Waals surface area contributed by atoms with E-state index in [1.165, 1.54) is 6.07 Å². The van der Waals surface area contributed by atoms with Crippen molar-refractivity contribution in [2.24, 2.45) is 0 Å². The van der Waals surface area contributed by atoms with E-state index < -0.39 is 17.5 Å². The summed E-state index contributed by atoms with van der Waals surface area (Å²) in [5.74, 6) is 4.94. The van der Waals surface area contributed by atoms with Crippen molar-refractivity contribution in [1.29, 1.82) is 0 Å². The van der Waals surface area contributed by atoms with E-state index in [0.29, 0.717) is 13.0 Å². The molecule has 1 rings (SSSR count). The molecule has 0 aliphatic rings. The Morgan fingerprint density at radius 3 is 2.76 bits per heavy atom. The highest BCUT2D eigenvalue weighted by atomic mass is 19.1. The van der Waals surface area contributed by atoms with Crippen LogP contribution in [-0.4, -0.2) is 23.3 Å². The van der Waals surface area contributed by atoms with Crippen molar-refractivity contribution in [2.75, 3.05) is 6.54 Å². The van der Waals surface area contributed by atoms with E-state index in [2.05, 4.69) is 17.2 Å². The smallest absolute Gasteiger partial charge is 0.407 e. The SMILES string of the molecule is CC(C)(C)OC(=O)NCCC#Cc1cccc(CO)c1F. The Balaban J connectivity index is 2.46. The van der Waals surface area contributed by atoms with Crippen LogP contribution >= 0.6 is 0 Å². The van der Waals surface area contributed by atoms with Crippen LogP contribution in [0.15, 0.2) is 18.2 Å². The number of rotatable bonds is 3. The summed E-state index contributed by atoms with van der Waals surface area (Å²) in [6.45, 7) is 5.31. The van der Waals surface area contributed by atoms with Gasteiger partial charge in [0.15, 0.2) is 0 Å². The molecule has 0 bridgehead atoms. The molecule has 0 unspecified atom stereocenters. The van der Waals surface area contributed by atoms with Gasteiger partial charge in [0.2, 0.25) is 0 Å². The molecule has 0 aromatic heterocycles. The molecule has 1 amide bonds. The van der Waals surface area contributed by atoms with E-state index in [1.54, 1.807) is 32.9 Å². The van der Waals surface area contributed by atoms with E-state index in [1.807, 2.05) is 0 Å². The molecular weight excluding hydrogens is 273 g/mol. The zero-order valence-corrected chi connectivity index (χ0v) is 12.5. The number of aliphatic hydroxyl groups is 1. The van der Waals surface area contributed by atoms with Gasteiger partial charge in [-0.3, -0.25) is 0 Å². The highest BCUT2D eigenvalue weighted by Crippen LogP contribution is 2.11. The summed E-state index contributed by atoms with van der Waals surface area (Å²) in [7, 11) is 0. The Morgan fingerprint density at radius 1 is 1.43 bits per heavy atom.